The molecule has 0 bridgehead atoms. The number of aliphatic carboxylic acids is 1. The van der Waals surface area contributed by atoms with E-state index in [-0.39, 0.29) is 24.3 Å². The third-order valence-corrected chi connectivity index (χ3v) is 5.02. The number of aliphatic hydroxyl groups excluding tert-OH is 2. The molecule has 0 unspecified atom stereocenters. The Labute approximate surface area is 167 Å². The van der Waals surface area contributed by atoms with E-state index in [1.165, 1.54) is 5.57 Å². The van der Waals surface area contributed by atoms with E-state index in [1.54, 1.807) is 6.08 Å². The van der Waals surface area contributed by atoms with Gasteiger partial charge in [-0.2, -0.15) is 0 Å². The number of rotatable bonds is 12. The van der Waals surface area contributed by atoms with Gasteiger partial charge in [-0.1, -0.05) is 41.1 Å². The van der Waals surface area contributed by atoms with Gasteiger partial charge in [-0.15, -0.1) is 0 Å². The van der Waals surface area contributed by atoms with Gasteiger partial charge in [0.2, 0.25) is 0 Å². The molecule has 0 saturated heterocycles. The first kappa shape index (κ1) is 24.0. The SMILES string of the molecule is CC(C)=CCC[C@H](O)C=C[C@@H]1[C@@H](CC=CCCCC(=O)O)[C@@H](N=[N+]=[N-])C[C@H]1O. The first-order valence-electron chi connectivity index (χ1n) is 9.94. The topological polar surface area (TPSA) is 127 Å². The Kier molecular flexibility index (Phi) is 11.3. The van der Waals surface area contributed by atoms with Crippen LogP contribution in [-0.2, 0) is 4.79 Å². The van der Waals surface area contributed by atoms with Crippen LogP contribution in [0.2, 0.25) is 0 Å². The first-order chi connectivity index (χ1) is 13.3. The Morgan fingerprint density at radius 1 is 1.32 bits per heavy atom. The van der Waals surface area contributed by atoms with Crippen LogP contribution in [0.3, 0.4) is 0 Å². The van der Waals surface area contributed by atoms with Gasteiger partial charge in [0.1, 0.15) is 0 Å². The summed E-state index contributed by atoms with van der Waals surface area (Å²) in [4.78, 5) is 13.4. The van der Waals surface area contributed by atoms with Gasteiger partial charge >= 0.3 is 5.97 Å². The Morgan fingerprint density at radius 3 is 2.71 bits per heavy atom. The minimum absolute atomic E-state index is 0.0390. The van der Waals surface area contributed by atoms with Crippen LogP contribution in [0, 0.1) is 11.8 Å². The average Bonchev–Trinajstić information content (AvgIpc) is 2.90. The molecule has 0 amide bonds. The van der Waals surface area contributed by atoms with Crippen LogP contribution in [0.25, 0.3) is 10.4 Å². The summed E-state index contributed by atoms with van der Waals surface area (Å²) in [6.07, 6.45) is 12.3. The number of carboxylic acid groups (broad SMARTS) is 1. The molecule has 0 aromatic heterocycles. The van der Waals surface area contributed by atoms with Crippen molar-refractivity contribution in [1.82, 2.24) is 0 Å². The average molecular weight is 392 g/mol. The zero-order chi connectivity index (χ0) is 20.9. The van der Waals surface area contributed by atoms with Crippen molar-refractivity contribution in [3.63, 3.8) is 0 Å². The fourth-order valence-electron chi connectivity index (χ4n) is 3.54. The van der Waals surface area contributed by atoms with Crippen molar-refractivity contribution in [1.29, 1.82) is 0 Å². The minimum atomic E-state index is -0.802. The monoisotopic (exact) mass is 391 g/mol. The van der Waals surface area contributed by atoms with E-state index in [4.69, 9.17) is 10.6 Å². The second kappa shape index (κ2) is 13.2. The van der Waals surface area contributed by atoms with Gasteiger partial charge in [-0.25, -0.2) is 0 Å². The predicted octanol–water partition coefficient (Wildman–Crippen LogP) is 4.53. The molecule has 0 aromatic rings. The highest BCUT2D eigenvalue weighted by atomic mass is 16.4. The van der Waals surface area contributed by atoms with Gasteiger partial charge in [-0.3, -0.25) is 4.79 Å². The largest absolute Gasteiger partial charge is 0.481 e. The van der Waals surface area contributed by atoms with Crippen LogP contribution in [0.1, 0.15) is 58.8 Å². The normalized spacial score (nSPS) is 25.7. The van der Waals surface area contributed by atoms with Crippen molar-refractivity contribution in [3.05, 3.63) is 46.4 Å². The fraction of sp³-hybridized carbons (Fsp3) is 0.667. The molecular formula is C21H33N3O4. The van der Waals surface area contributed by atoms with Crippen molar-refractivity contribution >= 4 is 5.97 Å². The third-order valence-electron chi connectivity index (χ3n) is 5.02. The maximum atomic E-state index is 10.5. The van der Waals surface area contributed by atoms with Crippen LogP contribution in [0.5, 0.6) is 0 Å². The summed E-state index contributed by atoms with van der Waals surface area (Å²) in [5.41, 5.74) is 10.0. The van der Waals surface area contributed by atoms with Gasteiger partial charge in [0.15, 0.2) is 0 Å². The lowest BCUT2D eigenvalue weighted by Gasteiger charge is -2.20. The van der Waals surface area contributed by atoms with Crippen LogP contribution >= 0.6 is 0 Å². The summed E-state index contributed by atoms with van der Waals surface area (Å²) in [5, 5.41) is 33.0. The lowest BCUT2D eigenvalue weighted by molar-refractivity contribution is -0.137. The van der Waals surface area contributed by atoms with E-state index in [0.717, 1.165) is 6.42 Å². The highest BCUT2D eigenvalue weighted by Gasteiger charge is 2.39. The lowest BCUT2D eigenvalue weighted by atomic mass is 9.88. The fourth-order valence-corrected chi connectivity index (χ4v) is 3.54. The zero-order valence-corrected chi connectivity index (χ0v) is 16.8. The Hall–Kier alpha value is -2.08. The van der Waals surface area contributed by atoms with E-state index in [2.05, 4.69) is 16.1 Å². The summed E-state index contributed by atoms with van der Waals surface area (Å²) in [7, 11) is 0. The van der Waals surface area contributed by atoms with Gasteiger partial charge in [0.25, 0.3) is 0 Å². The maximum Gasteiger partial charge on any atom is 0.303 e. The summed E-state index contributed by atoms with van der Waals surface area (Å²) in [6.45, 7) is 4.04. The van der Waals surface area contributed by atoms with E-state index < -0.39 is 18.2 Å². The zero-order valence-electron chi connectivity index (χ0n) is 16.8. The van der Waals surface area contributed by atoms with Crippen molar-refractivity contribution in [2.45, 2.75) is 77.0 Å². The van der Waals surface area contributed by atoms with Gasteiger partial charge in [0, 0.05) is 23.3 Å². The van der Waals surface area contributed by atoms with Crippen molar-refractivity contribution < 1.29 is 20.1 Å². The molecule has 7 nitrogen and oxygen atoms in total. The molecule has 1 rings (SSSR count). The van der Waals surface area contributed by atoms with E-state index >= 15 is 0 Å². The molecule has 1 aliphatic rings. The van der Waals surface area contributed by atoms with E-state index in [1.807, 2.05) is 32.1 Å². The van der Waals surface area contributed by atoms with E-state index in [0.29, 0.717) is 32.1 Å². The molecule has 28 heavy (non-hydrogen) atoms. The molecule has 0 aliphatic heterocycles. The smallest absolute Gasteiger partial charge is 0.303 e. The Balaban J connectivity index is 2.67. The third kappa shape index (κ3) is 9.22. The number of nitrogens with zero attached hydrogens (tertiary/aromatic N) is 3. The molecule has 3 N–H and O–H groups in total. The van der Waals surface area contributed by atoms with Crippen molar-refractivity contribution in [3.8, 4) is 0 Å². The predicted molar refractivity (Wildman–Crippen MR) is 110 cm³/mol. The second-order valence-electron chi connectivity index (χ2n) is 7.62. The van der Waals surface area contributed by atoms with Gasteiger partial charge in [0.05, 0.1) is 12.2 Å². The molecule has 1 aliphatic carbocycles. The number of aliphatic hydroxyl groups is 2. The number of carbonyl (C=O) groups is 1. The molecule has 0 heterocycles. The molecule has 1 saturated carbocycles. The molecule has 7 heteroatoms. The lowest BCUT2D eigenvalue weighted by Crippen LogP contribution is -2.19. The van der Waals surface area contributed by atoms with Crippen molar-refractivity contribution in [2.24, 2.45) is 17.0 Å². The molecular weight excluding hydrogens is 358 g/mol. The quantitative estimate of drug-likeness (QED) is 0.148. The molecule has 0 spiro atoms. The summed E-state index contributed by atoms with van der Waals surface area (Å²) >= 11 is 0. The highest BCUT2D eigenvalue weighted by Crippen LogP contribution is 2.38. The standard InChI is InChI=1S/C21H33N3O4/c1-15(2)8-7-9-16(25)12-13-18-17(19(23-24-22)14-20(18)26)10-5-3-4-6-11-21(27)28/h3,5,8,12-13,16-20,25-26H,4,6-7,9-11,14H2,1-2H3,(H,27,28)/t16-,17+,18+,19-,20+/m0/s1. The molecule has 5 atom stereocenters. The number of azide groups is 1. The minimum Gasteiger partial charge on any atom is -0.481 e. The molecule has 156 valence electrons. The van der Waals surface area contributed by atoms with Crippen LogP contribution in [-0.4, -0.2) is 39.5 Å². The number of hydrogen-bond donors (Lipinski definition) is 3. The molecule has 1 fully saturated rings. The van der Waals surface area contributed by atoms with Crippen LogP contribution < -0.4 is 0 Å². The number of allylic oxidation sites excluding steroid dienone is 4. The highest BCUT2D eigenvalue weighted by molar-refractivity contribution is 5.66. The Morgan fingerprint density at radius 2 is 2.07 bits per heavy atom. The van der Waals surface area contributed by atoms with E-state index in [9.17, 15) is 15.0 Å². The van der Waals surface area contributed by atoms with Crippen molar-refractivity contribution in [2.75, 3.05) is 0 Å². The number of unbranched alkanes of at least 4 members (excludes halogenated alkanes) is 1. The van der Waals surface area contributed by atoms with Crippen LogP contribution in [0.4, 0.5) is 0 Å². The maximum absolute atomic E-state index is 10.5. The summed E-state index contributed by atoms with van der Waals surface area (Å²) in [5.74, 6) is -1.02. The summed E-state index contributed by atoms with van der Waals surface area (Å²) in [6, 6.07) is -0.291. The van der Waals surface area contributed by atoms with Gasteiger partial charge < -0.3 is 15.3 Å². The number of hydrogen-bond acceptors (Lipinski definition) is 4. The van der Waals surface area contributed by atoms with Gasteiger partial charge in [-0.05, 0) is 63.8 Å². The molecule has 0 radical (unpaired) electrons. The Bertz CT molecular complexity index is 619. The van der Waals surface area contributed by atoms with Crippen LogP contribution in [0.15, 0.2) is 41.1 Å². The molecule has 0 aromatic carbocycles. The number of carboxylic acids is 1. The first-order valence-corrected chi connectivity index (χ1v) is 9.94. The second-order valence-corrected chi connectivity index (χ2v) is 7.62. The summed E-state index contributed by atoms with van der Waals surface area (Å²) < 4.78 is 0.